The van der Waals surface area contributed by atoms with E-state index in [0.717, 1.165) is 13.0 Å². The molecule has 0 aliphatic rings. The van der Waals surface area contributed by atoms with Gasteiger partial charge in [0.2, 0.25) is 0 Å². The Hall–Kier alpha value is -0.990. The first-order valence-electron chi connectivity index (χ1n) is 4.61. The van der Waals surface area contributed by atoms with Crippen LogP contribution in [0.1, 0.15) is 5.56 Å². The average Bonchev–Trinajstić information content (AvgIpc) is 2.58. The highest BCUT2D eigenvalue weighted by Gasteiger charge is 2.00. The summed E-state index contributed by atoms with van der Waals surface area (Å²) in [5.41, 5.74) is 2.62. The van der Waals surface area contributed by atoms with Gasteiger partial charge >= 0.3 is 0 Å². The van der Waals surface area contributed by atoms with Gasteiger partial charge in [-0.2, -0.15) is 0 Å². The van der Waals surface area contributed by atoms with Crippen molar-refractivity contribution in [3.05, 3.63) is 36.0 Å². The summed E-state index contributed by atoms with van der Waals surface area (Å²) in [6.07, 6.45) is 3.18. The third-order valence-corrected chi connectivity index (χ3v) is 2.32. The number of hydrogen-bond donors (Lipinski definition) is 2. The smallest absolute Gasteiger partial charge is 0.0456 e. The van der Waals surface area contributed by atoms with Gasteiger partial charge < -0.3 is 10.3 Å². The SMILES string of the molecule is CNCCc1c[nH]c2ccccc12.Cl. The predicted molar refractivity (Wildman–Crippen MR) is 63.2 cm³/mol. The van der Waals surface area contributed by atoms with Crippen LogP contribution >= 0.6 is 12.4 Å². The Bertz CT molecular complexity index is 395. The van der Waals surface area contributed by atoms with Gasteiger partial charge in [0.05, 0.1) is 0 Å². The van der Waals surface area contributed by atoms with Crippen LogP contribution < -0.4 is 5.32 Å². The summed E-state index contributed by atoms with van der Waals surface area (Å²) in [5, 5.41) is 4.50. The highest BCUT2D eigenvalue weighted by molar-refractivity contribution is 5.85. The monoisotopic (exact) mass is 210 g/mol. The molecule has 0 unspecified atom stereocenters. The van der Waals surface area contributed by atoms with Crippen LogP contribution in [-0.4, -0.2) is 18.6 Å². The first-order valence-corrected chi connectivity index (χ1v) is 4.61. The molecule has 14 heavy (non-hydrogen) atoms. The largest absolute Gasteiger partial charge is 0.361 e. The molecule has 1 aromatic heterocycles. The maximum Gasteiger partial charge on any atom is 0.0456 e. The van der Waals surface area contributed by atoms with Gasteiger partial charge in [-0.25, -0.2) is 0 Å². The zero-order chi connectivity index (χ0) is 9.10. The van der Waals surface area contributed by atoms with E-state index in [4.69, 9.17) is 0 Å². The minimum atomic E-state index is 0. The van der Waals surface area contributed by atoms with Crippen LogP contribution in [0, 0.1) is 0 Å². The number of likely N-dealkylation sites (N-methyl/N-ethyl adjacent to an activating group) is 1. The number of fused-ring (bicyclic) bond motifs is 1. The van der Waals surface area contributed by atoms with Gasteiger partial charge in [-0.1, -0.05) is 18.2 Å². The van der Waals surface area contributed by atoms with Crippen molar-refractivity contribution in [2.45, 2.75) is 6.42 Å². The summed E-state index contributed by atoms with van der Waals surface area (Å²) in [7, 11) is 1.98. The second-order valence-corrected chi connectivity index (χ2v) is 3.21. The molecule has 2 N–H and O–H groups in total. The fraction of sp³-hybridized carbons (Fsp3) is 0.273. The van der Waals surface area contributed by atoms with Crippen LogP contribution in [-0.2, 0) is 6.42 Å². The van der Waals surface area contributed by atoms with E-state index >= 15 is 0 Å². The summed E-state index contributed by atoms with van der Waals surface area (Å²) >= 11 is 0. The molecule has 0 amide bonds. The molecule has 76 valence electrons. The Kier molecular flexibility index (Phi) is 3.98. The lowest BCUT2D eigenvalue weighted by atomic mass is 10.1. The van der Waals surface area contributed by atoms with Gasteiger partial charge in [-0.15, -0.1) is 12.4 Å². The van der Waals surface area contributed by atoms with Gasteiger partial charge in [0.1, 0.15) is 0 Å². The van der Waals surface area contributed by atoms with Crippen LogP contribution in [0.2, 0.25) is 0 Å². The number of nitrogens with one attached hydrogen (secondary N) is 2. The molecular weight excluding hydrogens is 196 g/mol. The quantitative estimate of drug-likeness (QED) is 0.800. The zero-order valence-corrected chi connectivity index (χ0v) is 9.03. The molecule has 1 aromatic carbocycles. The number of benzene rings is 1. The third-order valence-electron chi connectivity index (χ3n) is 2.32. The second-order valence-electron chi connectivity index (χ2n) is 3.21. The van der Waals surface area contributed by atoms with Crippen molar-refractivity contribution in [1.82, 2.24) is 10.3 Å². The molecular formula is C11H15ClN2. The first-order chi connectivity index (χ1) is 6.42. The Balaban J connectivity index is 0.000000980. The number of hydrogen-bond acceptors (Lipinski definition) is 1. The Morgan fingerprint density at radius 3 is 2.86 bits per heavy atom. The van der Waals surface area contributed by atoms with Crippen LogP contribution in [0.4, 0.5) is 0 Å². The van der Waals surface area contributed by atoms with Crippen molar-refractivity contribution in [2.75, 3.05) is 13.6 Å². The van der Waals surface area contributed by atoms with E-state index in [1.807, 2.05) is 7.05 Å². The molecule has 0 saturated heterocycles. The first kappa shape index (κ1) is 11.1. The number of rotatable bonds is 3. The topological polar surface area (TPSA) is 27.8 Å². The van der Waals surface area contributed by atoms with Crippen molar-refractivity contribution in [2.24, 2.45) is 0 Å². The summed E-state index contributed by atoms with van der Waals surface area (Å²) < 4.78 is 0. The van der Waals surface area contributed by atoms with Crippen molar-refractivity contribution < 1.29 is 0 Å². The van der Waals surface area contributed by atoms with E-state index < -0.39 is 0 Å². The van der Waals surface area contributed by atoms with Crippen LogP contribution in [0.3, 0.4) is 0 Å². The molecule has 0 aliphatic heterocycles. The molecule has 0 fully saturated rings. The molecule has 0 atom stereocenters. The molecule has 0 bridgehead atoms. The third kappa shape index (κ3) is 2.08. The lowest BCUT2D eigenvalue weighted by Gasteiger charge is -1.97. The normalized spacial score (nSPS) is 10.1. The highest BCUT2D eigenvalue weighted by atomic mass is 35.5. The molecule has 2 nitrogen and oxygen atoms in total. The van der Waals surface area contributed by atoms with Crippen molar-refractivity contribution in [3.8, 4) is 0 Å². The number of H-pyrrole nitrogens is 1. The van der Waals surface area contributed by atoms with E-state index in [9.17, 15) is 0 Å². The van der Waals surface area contributed by atoms with Crippen molar-refractivity contribution in [3.63, 3.8) is 0 Å². The number of para-hydroxylation sites is 1. The fourth-order valence-corrected chi connectivity index (χ4v) is 1.60. The van der Waals surface area contributed by atoms with Crippen molar-refractivity contribution in [1.29, 1.82) is 0 Å². The zero-order valence-electron chi connectivity index (χ0n) is 8.21. The summed E-state index contributed by atoms with van der Waals surface area (Å²) in [5.74, 6) is 0. The Labute approximate surface area is 90.1 Å². The standard InChI is InChI=1S/C11H14N2.ClH/c1-12-7-6-9-8-13-11-5-3-2-4-10(9)11;/h2-5,8,12-13H,6-7H2,1H3;1H. The summed E-state index contributed by atoms with van der Waals surface area (Å²) in [4.78, 5) is 3.27. The average molecular weight is 211 g/mol. The number of aromatic nitrogens is 1. The van der Waals surface area contributed by atoms with Gasteiger partial charge in [-0.05, 0) is 31.6 Å². The Morgan fingerprint density at radius 1 is 1.29 bits per heavy atom. The minimum absolute atomic E-state index is 0. The summed E-state index contributed by atoms with van der Waals surface area (Å²) in [6.45, 7) is 1.03. The molecule has 3 heteroatoms. The number of halogens is 1. The highest BCUT2D eigenvalue weighted by Crippen LogP contribution is 2.17. The van der Waals surface area contributed by atoms with E-state index in [1.54, 1.807) is 0 Å². The van der Waals surface area contributed by atoms with E-state index in [0.29, 0.717) is 0 Å². The maximum absolute atomic E-state index is 3.27. The van der Waals surface area contributed by atoms with Crippen LogP contribution in [0.15, 0.2) is 30.5 Å². The maximum atomic E-state index is 3.27. The van der Waals surface area contributed by atoms with Gasteiger partial charge in [0, 0.05) is 17.1 Å². The second kappa shape index (κ2) is 5.03. The van der Waals surface area contributed by atoms with E-state index in [1.165, 1.54) is 16.5 Å². The summed E-state index contributed by atoms with van der Waals surface area (Å²) in [6, 6.07) is 8.41. The lowest BCUT2D eigenvalue weighted by molar-refractivity contribution is 0.795. The number of aromatic amines is 1. The Morgan fingerprint density at radius 2 is 2.07 bits per heavy atom. The molecule has 0 aliphatic carbocycles. The molecule has 2 aromatic rings. The van der Waals surface area contributed by atoms with Crippen LogP contribution in [0.5, 0.6) is 0 Å². The van der Waals surface area contributed by atoms with E-state index in [-0.39, 0.29) is 12.4 Å². The van der Waals surface area contributed by atoms with Gasteiger partial charge in [0.25, 0.3) is 0 Å². The van der Waals surface area contributed by atoms with Gasteiger partial charge in [0.15, 0.2) is 0 Å². The fourth-order valence-electron chi connectivity index (χ4n) is 1.60. The minimum Gasteiger partial charge on any atom is -0.361 e. The molecule has 1 heterocycles. The van der Waals surface area contributed by atoms with Crippen molar-refractivity contribution >= 4 is 23.3 Å². The predicted octanol–water partition coefficient (Wildman–Crippen LogP) is 2.35. The molecule has 0 saturated carbocycles. The van der Waals surface area contributed by atoms with Gasteiger partial charge in [-0.3, -0.25) is 0 Å². The lowest BCUT2D eigenvalue weighted by Crippen LogP contribution is -2.09. The molecule has 0 spiro atoms. The van der Waals surface area contributed by atoms with E-state index in [2.05, 4.69) is 40.8 Å². The van der Waals surface area contributed by atoms with Crippen LogP contribution in [0.25, 0.3) is 10.9 Å². The molecule has 0 radical (unpaired) electrons. The molecule has 2 rings (SSSR count).